The van der Waals surface area contributed by atoms with Gasteiger partial charge in [-0.15, -0.1) is 0 Å². The Bertz CT molecular complexity index is 1120. The Balaban J connectivity index is 1.28. The fourth-order valence-electron chi connectivity index (χ4n) is 5.29. The van der Waals surface area contributed by atoms with E-state index in [1.54, 1.807) is 15.9 Å². The first kappa shape index (κ1) is 22.4. The molecule has 6 heteroatoms. The number of anilines is 1. The predicted molar refractivity (Wildman–Crippen MR) is 132 cm³/mol. The number of rotatable bonds is 6. The molecule has 1 N–H and O–H groups in total. The summed E-state index contributed by atoms with van der Waals surface area (Å²) in [6, 6.07) is 14.4. The summed E-state index contributed by atoms with van der Waals surface area (Å²) in [7, 11) is 0. The van der Waals surface area contributed by atoms with Crippen molar-refractivity contribution in [1.29, 1.82) is 0 Å². The molecule has 5 rings (SSSR count). The predicted octanol–water partition coefficient (Wildman–Crippen LogP) is 4.46. The Hall–Kier alpha value is -3.41. The van der Waals surface area contributed by atoms with Gasteiger partial charge in [-0.3, -0.25) is 14.4 Å². The summed E-state index contributed by atoms with van der Waals surface area (Å²) in [5.74, 6) is -0.175. The zero-order valence-electron chi connectivity index (χ0n) is 19.5. The van der Waals surface area contributed by atoms with Gasteiger partial charge in [-0.2, -0.15) is 0 Å². The monoisotopic (exact) mass is 457 g/mol. The van der Waals surface area contributed by atoms with Crippen molar-refractivity contribution in [3.8, 4) is 0 Å². The first-order valence-corrected chi connectivity index (χ1v) is 12.4. The molecule has 0 radical (unpaired) electrons. The van der Waals surface area contributed by atoms with E-state index in [1.807, 2.05) is 42.5 Å². The molecular formula is C28H31N3O3. The van der Waals surface area contributed by atoms with E-state index in [0.29, 0.717) is 42.9 Å². The Morgan fingerprint density at radius 3 is 2.62 bits per heavy atom. The van der Waals surface area contributed by atoms with Crippen molar-refractivity contribution >= 4 is 23.4 Å². The lowest BCUT2D eigenvalue weighted by molar-refractivity contribution is -0.122. The number of para-hydroxylation sites is 1. The van der Waals surface area contributed by atoms with Crippen LogP contribution in [0.25, 0.3) is 0 Å². The van der Waals surface area contributed by atoms with Crippen molar-refractivity contribution in [1.82, 2.24) is 10.2 Å². The van der Waals surface area contributed by atoms with E-state index >= 15 is 0 Å². The normalized spacial score (nSPS) is 19.9. The average molecular weight is 458 g/mol. The molecule has 0 saturated carbocycles. The molecule has 3 amide bonds. The van der Waals surface area contributed by atoms with Crippen LogP contribution in [0.3, 0.4) is 0 Å². The van der Waals surface area contributed by atoms with Crippen LogP contribution in [0.2, 0.25) is 0 Å². The molecule has 2 aromatic rings. The zero-order chi connectivity index (χ0) is 23.5. The molecule has 1 saturated heterocycles. The second kappa shape index (κ2) is 9.84. The van der Waals surface area contributed by atoms with Gasteiger partial charge < -0.3 is 15.1 Å². The van der Waals surface area contributed by atoms with E-state index in [0.717, 1.165) is 31.2 Å². The highest BCUT2D eigenvalue weighted by atomic mass is 16.2. The fraction of sp³-hybridized carbons (Fsp3) is 0.393. The minimum atomic E-state index is -0.399. The van der Waals surface area contributed by atoms with Gasteiger partial charge in [-0.25, -0.2) is 0 Å². The molecule has 1 fully saturated rings. The van der Waals surface area contributed by atoms with Crippen molar-refractivity contribution in [2.24, 2.45) is 0 Å². The first-order valence-electron chi connectivity index (χ1n) is 12.4. The molecule has 0 unspecified atom stereocenters. The third-order valence-electron chi connectivity index (χ3n) is 7.16. The Kier molecular flexibility index (Phi) is 6.48. The highest BCUT2D eigenvalue weighted by Gasteiger charge is 2.41. The molecule has 6 nitrogen and oxygen atoms in total. The summed E-state index contributed by atoms with van der Waals surface area (Å²) in [6.45, 7) is 1.64. The second-order valence-electron chi connectivity index (χ2n) is 9.41. The SMILES string of the molecule is O=C(NCCC1=CCCCC1)c1ccc(CN2C(=O)[C@@H]3CCCN3C(=O)c3ccccc32)cc1. The number of allylic oxidation sites excluding steroid dienone is 1. The molecule has 2 aromatic carbocycles. The van der Waals surface area contributed by atoms with E-state index in [4.69, 9.17) is 0 Å². The molecule has 3 aliphatic rings. The summed E-state index contributed by atoms with van der Waals surface area (Å²) in [5, 5.41) is 3.02. The molecule has 176 valence electrons. The van der Waals surface area contributed by atoms with Crippen LogP contribution >= 0.6 is 0 Å². The van der Waals surface area contributed by atoms with Crippen LogP contribution in [0.1, 0.15) is 71.2 Å². The van der Waals surface area contributed by atoms with Gasteiger partial charge in [0.25, 0.3) is 11.8 Å². The Morgan fingerprint density at radius 2 is 1.82 bits per heavy atom. The lowest BCUT2D eigenvalue weighted by Crippen LogP contribution is -2.44. The lowest BCUT2D eigenvalue weighted by atomic mass is 9.97. The van der Waals surface area contributed by atoms with Gasteiger partial charge in [0.2, 0.25) is 5.91 Å². The number of hydrogen-bond acceptors (Lipinski definition) is 3. The van der Waals surface area contributed by atoms with Crippen LogP contribution < -0.4 is 10.2 Å². The van der Waals surface area contributed by atoms with Crippen LogP contribution in [0.15, 0.2) is 60.2 Å². The summed E-state index contributed by atoms with van der Waals surface area (Å²) in [5.41, 5.74) is 4.21. The molecule has 1 aliphatic carbocycles. The number of carbonyl (C=O) groups is 3. The summed E-state index contributed by atoms with van der Waals surface area (Å²) >= 11 is 0. The number of fused-ring (bicyclic) bond motifs is 2. The molecule has 2 heterocycles. The minimum absolute atomic E-state index is 0.0327. The van der Waals surface area contributed by atoms with Crippen molar-refractivity contribution in [3.63, 3.8) is 0 Å². The largest absolute Gasteiger partial charge is 0.352 e. The third-order valence-corrected chi connectivity index (χ3v) is 7.16. The molecule has 1 atom stereocenters. The first-order chi connectivity index (χ1) is 16.6. The smallest absolute Gasteiger partial charge is 0.256 e. The van der Waals surface area contributed by atoms with Crippen molar-refractivity contribution in [2.45, 2.75) is 57.5 Å². The molecule has 0 bridgehead atoms. The Labute approximate surface area is 200 Å². The van der Waals surface area contributed by atoms with Gasteiger partial charge in [0.1, 0.15) is 6.04 Å². The van der Waals surface area contributed by atoms with Crippen LogP contribution in [0, 0.1) is 0 Å². The second-order valence-corrected chi connectivity index (χ2v) is 9.41. The van der Waals surface area contributed by atoms with E-state index in [9.17, 15) is 14.4 Å². The average Bonchev–Trinajstić information content (AvgIpc) is 3.35. The summed E-state index contributed by atoms with van der Waals surface area (Å²) < 4.78 is 0. The van der Waals surface area contributed by atoms with E-state index < -0.39 is 6.04 Å². The number of nitrogens with zero attached hydrogens (tertiary/aromatic N) is 2. The Morgan fingerprint density at radius 1 is 1.00 bits per heavy atom. The quantitative estimate of drug-likeness (QED) is 0.651. The van der Waals surface area contributed by atoms with Gasteiger partial charge in [0.15, 0.2) is 0 Å². The highest BCUT2D eigenvalue weighted by Crippen LogP contribution is 2.33. The highest BCUT2D eigenvalue weighted by molar-refractivity contribution is 6.11. The van der Waals surface area contributed by atoms with Crippen LogP contribution in [0.4, 0.5) is 5.69 Å². The number of amides is 3. The van der Waals surface area contributed by atoms with E-state index in [-0.39, 0.29) is 17.7 Å². The van der Waals surface area contributed by atoms with Crippen LogP contribution in [-0.2, 0) is 11.3 Å². The molecular weight excluding hydrogens is 426 g/mol. The topological polar surface area (TPSA) is 69.7 Å². The van der Waals surface area contributed by atoms with Crippen LogP contribution in [0.5, 0.6) is 0 Å². The molecule has 2 aliphatic heterocycles. The number of hydrogen-bond donors (Lipinski definition) is 1. The van der Waals surface area contributed by atoms with Crippen LogP contribution in [-0.4, -0.2) is 41.8 Å². The molecule has 0 aromatic heterocycles. The molecule has 34 heavy (non-hydrogen) atoms. The summed E-state index contributed by atoms with van der Waals surface area (Å²) in [6.07, 6.45) is 9.59. The standard InChI is InChI=1S/C28H31N3O3/c32-26(29-17-16-20-7-2-1-3-8-20)22-14-12-21(13-15-22)19-31-24-10-5-4-9-23(24)27(33)30-18-6-11-25(30)28(31)34/h4-5,7,9-10,12-15,25H,1-3,6,8,11,16-19H2,(H,29,32)/t25-/m0/s1. The lowest BCUT2D eigenvalue weighted by Gasteiger charge is -2.26. The van der Waals surface area contributed by atoms with Crippen molar-refractivity contribution in [3.05, 3.63) is 76.9 Å². The minimum Gasteiger partial charge on any atom is -0.352 e. The molecule has 0 spiro atoms. The van der Waals surface area contributed by atoms with Gasteiger partial charge >= 0.3 is 0 Å². The number of benzene rings is 2. The van der Waals surface area contributed by atoms with E-state index in [2.05, 4.69) is 11.4 Å². The maximum Gasteiger partial charge on any atom is 0.256 e. The maximum absolute atomic E-state index is 13.4. The zero-order valence-corrected chi connectivity index (χ0v) is 19.5. The van der Waals surface area contributed by atoms with Gasteiger partial charge in [-0.05, 0) is 74.8 Å². The van der Waals surface area contributed by atoms with Gasteiger partial charge in [0.05, 0.1) is 17.8 Å². The van der Waals surface area contributed by atoms with E-state index in [1.165, 1.54) is 18.4 Å². The van der Waals surface area contributed by atoms with Gasteiger partial charge in [-0.1, -0.05) is 35.9 Å². The fourth-order valence-corrected chi connectivity index (χ4v) is 5.29. The van der Waals surface area contributed by atoms with Gasteiger partial charge in [0, 0.05) is 18.7 Å². The number of carbonyl (C=O) groups excluding carboxylic acids is 3. The maximum atomic E-state index is 13.4. The van der Waals surface area contributed by atoms with Crippen molar-refractivity contribution < 1.29 is 14.4 Å². The number of nitrogens with one attached hydrogen (secondary N) is 1. The third kappa shape index (κ3) is 4.49. The summed E-state index contributed by atoms with van der Waals surface area (Å²) in [4.78, 5) is 42.5. The van der Waals surface area contributed by atoms with Crippen molar-refractivity contribution in [2.75, 3.05) is 18.0 Å².